The highest BCUT2D eigenvalue weighted by molar-refractivity contribution is 5.92. The number of aromatic nitrogens is 2. The van der Waals surface area contributed by atoms with Crippen molar-refractivity contribution < 1.29 is 30.0 Å². The second-order valence-electron chi connectivity index (χ2n) is 3.92. The van der Waals surface area contributed by atoms with Gasteiger partial charge in [-0.05, 0) is 0 Å². The Morgan fingerprint density at radius 1 is 1.50 bits per heavy atom. The molecule has 1 amide bonds. The molecule has 4 atom stereocenters. The first-order valence-corrected chi connectivity index (χ1v) is 5.15. The van der Waals surface area contributed by atoms with Crippen molar-refractivity contribution in [2.45, 2.75) is 24.5 Å². The number of amides is 1. The van der Waals surface area contributed by atoms with Crippen LogP contribution in [0.4, 0.5) is 0 Å². The quantitative estimate of drug-likeness (QED) is 0.396. The topological polar surface area (TPSA) is 151 Å². The van der Waals surface area contributed by atoms with Crippen molar-refractivity contribution in [3.05, 3.63) is 12.0 Å². The standard InChI is InChI=1S/C9H13N3O6/c10-7(16)4-8(17)12(2-11-4)9-6(15)5(14)3(1-13)18-9/h2-3,5-6,9,13-15,17H,1H2,(H2,10,16)/t3-,5-,6+,9-/m1/s1. The third kappa shape index (κ3) is 1.82. The summed E-state index contributed by atoms with van der Waals surface area (Å²) in [5, 5.41) is 37.9. The summed E-state index contributed by atoms with van der Waals surface area (Å²) in [6.45, 7) is -0.493. The van der Waals surface area contributed by atoms with Gasteiger partial charge in [-0.2, -0.15) is 0 Å². The minimum absolute atomic E-state index is 0.368. The van der Waals surface area contributed by atoms with E-state index < -0.39 is 42.9 Å². The zero-order valence-corrected chi connectivity index (χ0v) is 9.17. The Morgan fingerprint density at radius 3 is 2.61 bits per heavy atom. The van der Waals surface area contributed by atoms with Crippen LogP contribution >= 0.6 is 0 Å². The number of ether oxygens (including phenoxy) is 1. The van der Waals surface area contributed by atoms with Crippen molar-refractivity contribution in [1.29, 1.82) is 0 Å². The highest BCUT2D eigenvalue weighted by Crippen LogP contribution is 2.32. The highest BCUT2D eigenvalue weighted by Gasteiger charge is 2.44. The van der Waals surface area contributed by atoms with E-state index in [0.29, 0.717) is 0 Å². The molecule has 0 aliphatic carbocycles. The second kappa shape index (κ2) is 4.53. The molecule has 9 heteroatoms. The lowest BCUT2D eigenvalue weighted by atomic mass is 10.1. The van der Waals surface area contributed by atoms with E-state index in [0.717, 1.165) is 10.9 Å². The van der Waals surface area contributed by atoms with Gasteiger partial charge in [-0.15, -0.1) is 0 Å². The number of carbonyl (C=O) groups is 1. The Hall–Kier alpha value is -1.68. The van der Waals surface area contributed by atoms with Crippen LogP contribution in [-0.4, -0.2) is 60.8 Å². The van der Waals surface area contributed by atoms with Crippen LogP contribution in [-0.2, 0) is 4.74 Å². The van der Waals surface area contributed by atoms with E-state index in [1.165, 1.54) is 0 Å². The van der Waals surface area contributed by atoms with Gasteiger partial charge >= 0.3 is 0 Å². The van der Waals surface area contributed by atoms with Crippen LogP contribution in [0.15, 0.2) is 6.33 Å². The van der Waals surface area contributed by atoms with Gasteiger partial charge in [0, 0.05) is 0 Å². The minimum atomic E-state index is -1.37. The molecular formula is C9H13N3O6. The maximum atomic E-state index is 10.9. The first-order chi connectivity index (χ1) is 8.47. The number of rotatable bonds is 3. The molecule has 9 nitrogen and oxygen atoms in total. The fourth-order valence-electron chi connectivity index (χ4n) is 1.82. The number of nitrogens with zero attached hydrogens (tertiary/aromatic N) is 2. The highest BCUT2D eigenvalue weighted by atomic mass is 16.6. The molecule has 2 heterocycles. The van der Waals surface area contributed by atoms with E-state index in [2.05, 4.69) is 4.98 Å². The third-order valence-corrected chi connectivity index (χ3v) is 2.79. The summed E-state index contributed by atoms with van der Waals surface area (Å²) in [5.74, 6) is -1.50. The SMILES string of the molecule is NC(=O)c1ncn([C@@H]2O[C@H](CO)[C@@H](O)[C@@H]2O)c1O. The smallest absolute Gasteiger partial charge is 0.272 e. The molecule has 0 radical (unpaired) electrons. The van der Waals surface area contributed by atoms with E-state index in [9.17, 15) is 20.1 Å². The Bertz CT molecular complexity index is 461. The molecule has 0 saturated carbocycles. The Morgan fingerprint density at radius 2 is 2.17 bits per heavy atom. The summed E-state index contributed by atoms with van der Waals surface area (Å²) >= 11 is 0. The van der Waals surface area contributed by atoms with Crippen LogP contribution < -0.4 is 5.73 Å². The van der Waals surface area contributed by atoms with Crippen molar-refractivity contribution in [3.63, 3.8) is 0 Å². The number of imidazole rings is 1. The summed E-state index contributed by atoms with van der Waals surface area (Å²) < 4.78 is 6.12. The number of primary amides is 1. The van der Waals surface area contributed by atoms with E-state index in [-0.39, 0.29) is 5.69 Å². The average Bonchev–Trinajstić information content (AvgIpc) is 2.82. The number of aliphatic hydroxyl groups is 3. The molecule has 0 aromatic carbocycles. The zero-order chi connectivity index (χ0) is 13.4. The number of hydrogen-bond donors (Lipinski definition) is 5. The second-order valence-corrected chi connectivity index (χ2v) is 3.92. The van der Waals surface area contributed by atoms with E-state index in [1.54, 1.807) is 0 Å². The number of nitrogens with two attached hydrogens (primary N) is 1. The first-order valence-electron chi connectivity index (χ1n) is 5.15. The largest absolute Gasteiger partial charge is 0.493 e. The molecule has 1 fully saturated rings. The van der Waals surface area contributed by atoms with Crippen molar-refractivity contribution in [2.75, 3.05) is 6.61 Å². The first kappa shape index (κ1) is 12.8. The Kier molecular flexibility index (Phi) is 3.22. The molecule has 18 heavy (non-hydrogen) atoms. The van der Waals surface area contributed by atoms with Crippen LogP contribution in [0, 0.1) is 0 Å². The predicted molar refractivity (Wildman–Crippen MR) is 55.4 cm³/mol. The van der Waals surface area contributed by atoms with Gasteiger partial charge in [0.15, 0.2) is 11.9 Å². The number of carbonyl (C=O) groups excluding carboxylic acids is 1. The molecule has 0 spiro atoms. The normalized spacial score (nSPS) is 31.7. The fourth-order valence-corrected chi connectivity index (χ4v) is 1.82. The van der Waals surface area contributed by atoms with Crippen molar-refractivity contribution >= 4 is 5.91 Å². The lowest BCUT2D eigenvalue weighted by molar-refractivity contribution is -0.0553. The third-order valence-electron chi connectivity index (χ3n) is 2.79. The molecule has 1 aliphatic heterocycles. The predicted octanol–water partition coefficient (Wildman–Crippen LogP) is -2.70. The van der Waals surface area contributed by atoms with E-state index in [4.69, 9.17) is 15.6 Å². The molecule has 100 valence electrons. The molecule has 6 N–H and O–H groups in total. The lowest BCUT2D eigenvalue weighted by Crippen LogP contribution is -2.33. The van der Waals surface area contributed by atoms with Gasteiger partial charge in [0.25, 0.3) is 5.91 Å². The van der Waals surface area contributed by atoms with Gasteiger partial charge < -0.3 is 30.9 Å². The lowest BCUT2D eigenvalue weighted by Gasteiger charge is -2.16. The van der Waals surface area contributed by atoms with E-state index >= 15 is 0 Å². The monoisotopic (exact) mass is 259 g/mol. The van der Waals surface area contributed by atoms with E-state index in [1.807, 2.05) is 0 Å². The maximum Gasteiger partial charge on any atom is 0.272 e. The van der Waals surface area contributed by atoms with Gasteiger partial charge in [-0.1, -0.05) is 0 Å². The average molecular weight is 259 g/mol. The molecule has 1 aliphatic rings. The van der Waals surface area contributed by atoms with Gasteiger partial charge in [-0.25, -0.2) is 4.98 Å². The summed E-state index contributed by atoms with van der Waals surface area (Å²) in [7, 11) is 0. The van der Waals surface area contributed by atoms with Gasteiger partial charge in [0.05, 0.1) is 6.61 Å². The van der Waals surface area contributed by atoms with Gasteiger partial charge in [0.1, 0.15) is 24.6 Å². The molecule has 1 aromatic rings. The summed E-state index contributed by atoms with van der Waals surface area (Å²) in [5.41, 5.74) is 4.61. The molecule has 1 aromatic heterocycles. The summed E-state index contributed by atoms with van der Waals surface area (Å²) in [6.07, 6.45) is -3.76. The molecule has 0 bridgehead atoms. The van der Waals surface area contributed by atoms with Crippen LogP contribution in [0.3, 0.4) is 0 Å². The molecular weight excluding hydrogens is 246 g/mol. The number of aromatic hydroxyl groups is 1. The van der Waals surface area contributed by atoms with Crippen molar-refractivity contribution in [3.8, 4) is 5.88 Å². The summed E-state index contributed by atoms with van der Waals surface area (Å²) in [4.78, 5) is 14.5. The van der Waals surface area contributed by atoms with Gasteiger partial charge in [-0.3, -0.25) is 9.36 Å². The van der Waals surface area contributed by atoms with Crippen LogP contribution in [0.5, 0.6) is 5.88 Å². The van der Waals surface area contributed by atoms with Crippen LogP contribution in [0.1, 0.15) is 16.7 Å². The van der Waals surface area contributed by atoms with Crippen molar-refractivity contribution in [1.82, 2.24) is 9.55 Å². The Labute approximate surface area is 101 Å². The summed E-state index contributed by atoms with van der Waals surface area (Å²) in [6, 6.07) is 0. The van der Waals surface area contributed by atoms with Crippen LogP contribution in [0.25, 0.3) is 0 Å². The number of aliphatic hydroxyl groups excluding tert-OH is 3. The molecule has 1 saturated heterocycles. The molecule has 2 rings (SSSR count). The van der Waals surface area contributed by atoms with Crippen molar-refractivity contribution in [2.24, 2.45) is 5.73 Å². The maximum absolute atomic E-state index is 10.9. The Balaban J connectivity index is 2.30. The minimum Gasteiger partial charge on any atom is -0.493 e. The number of hydrogen-bond acceptors (Lipinski definition) is 7. The zero-order valence-electron chi connectivity index (χ0n) is 9.17. The molecule has 0 unspecified atom stereocenters. The van der Waals surface area contributed by atoms with Crippen LogP contribution in [0.2, 0.25) is 0 Å². The van der Waals surface area contributed by atoms with Gasteiger partial charge in [0.2, 0.25) is 5.88 Å². The fraction of sp³-hybridized carbons (Fsp3) is 0.556.